The van der Waals surface area contributed by atoms with Gasteiger partial charge in [-0.15, -0.1) is 37.2 Å². The minimum atomic E-state index is -1.02. The van der Waals surface area contributed by atoms with E-state index in [0.717, 1.165) is 39.1 Å². The number of nitrogens with one attached hydrogen (secondary N) is 1. The van der Waals surface area contributed by atoms with Crippen molar-refractivity contribution in [2.75, 3.05) is 49.5 Å². The van der Waals surface area contributed by atoms with Crippen molar-refractivity contribution >= 4 is 71.5 Å². The highest BCUT2D eigenvalue weighted by Gasteiger charge is 2.20. The number of halogens is 3. The summed E-state index contributed by atoms with van der Waals surface area (Å²) in [6, 6.07) is 15.8. The molecule has 0 aliphatic carbocycles. The van der Waals surface area contributed by atoms with Gasteiger partial charge in [0.15, 0.2) is 6.61 Å². The quantitative estimate of drug-likeness (QED) is 0.413. The van der Waals surface area contributed by atoms with E-state index in [4.69, 9.17) is 9.72 Å². The predicted octanol–water partition coefficient (Wildman–Crippen LogP) is 4.75. The summed E-state index contributed by atoms with van der Waals surface area (Å²) >= 11 is 0. The molecule has 36 heavy (non-hydrogen) atoms. The number of aromatic nitrogens is 1. The molecule has 2 N–H and O–H groups in total. The molecule has 1 saturated heterocycles. The van der Waals surface area contributed by atoms with Crippen LogP contribution in [0.3, 0.4) is 0 Å². The minimum Gasteiger partial charge on any atom is -0.484 e. The van der Waals surface area contributed by atoms with Gasteiger partial charge in [0.25, 0.3) is 5.91 Å². The molecule has 1 aromatic heterocycles. The predicted molar refractivity (Wildman–Crippen MR) is 150 cm³/mol. The molecule has 8 nitrogen and oxygen atoms in total. The lowest BCUT2D eigenvalue weighted by Crippen LogP contribution is -2.46. The van der Waals surface area contributed by atoms with Gasteiger partial charge < -0.3 is 20.1 Å². The number of carboxylic acid groups (broad SMARTS) is 1. The van der Waals surface area contributed by atoms with Gasteiger partial charge in [0.1, 0.15) is 11.6 Å². The molecule has 3 aromatic rings. The van der Waals surface area contributed by atoms with Gasteiger partial charge in [-0.05, 0) is 49.4 Å². The van der Waals surface area contributed by atoms with Gasteiger partial charge in [-0.3, -0.25) is 9.69 Å². The summed E-state index contributed by atoms with van der Waals surface area (Å²) in [5, 5.41) is 13.1. The fraction of sp³-hybridized carbons (Fsp3) is 0.320. The molecular formula is C25H31Cl3N4O4. The van der Waals surface area contributed by atoms with Gasteiger partial charge >= 0.3 is 5.97 Å². The summed E-state index contributed by atoms with van der Waals surface area (Å²) in [7, 11) is 0. The van der Waals surface area contributed by atoms with Crippen LogP contribution < -0.4 is 15.0 Å². The average molecular weight is 558 g/mol. The largest absolute Gasteiger partial charge is 0.484 e. The number of carbonyl (C=O) groups excluding carboxylic acids is 1. The first-order valence-corrected chi connectivity index (χ1v) is 11.2. The summed E-state index contributed by atoms with van der Waals surface area (Å²) in [6.07, 6.45) is 1.12. The van der Waals surface area contributed by atoms with Crippen molar-refractivity contribution in [3.8, 4) is 5.75 Å². The Balaban J connectivity index is 0.00000216. The van der Waals surface area contributed by atoms with Gasteiger partial charge in [-0.1, -0.05) is 25.1 Å². The summed E-state index contributed by atoms with van der Waals surface area (Å²) in [4.78, 5) is 33.6. The van der Waals surface area contributed by atoms with E-state index < -0.39 is 5.97 Å². The van der Waals surface area contributed by atoms with Crippen molar-refractivity contribution in [3.63, 3.8) is 0 Å². The average Bonchev–Trinajstić information content (AvgIpc) is 2.83. The molecular weight excluding hydrogens is 527 g/mol. The number of aromatic carboxylic acids is 1. The topological polar surface area (TPSA) is 95.0 Å². The first-order chi connectivity index (χ1) is 16.0. The minimum absolute atomic E-state index is 0. The van der Waals surface area contributed by atoms with E-state index in [0.29, 0.717) is 28.2 Å². The summed E-state index contributed by atoms with van der Waals surface area (Å²) in [6.45, 7) is 6.60. The first-order valence-electron chi connectivity index (χ1n) is 11.2. The fourth-order valence-corrected chi connectivity index (χ4v) is 4.01. The number of hydrogen-bond acceptors (Lipinski definition) is 6. The lowest BCUT2D eigenvalue weighted by atomic mass is 10.1. The highest BCUT2D eigenvalue weighted by atomic mass is 35.5. The Hall–Kier alpha value is -2.78. The Labute approximate surface area is 229 Å². The van der Waals surface area contributed by atoms with Gasteiger partial charge in [0, 0.05) is 37.3 Å². The number of amides is 1. The monoisotopic (exact) mass is 556 g/mol. The molecule has 4 rings (SSSR count). The van der Waals surface area contributed by atoms with Crippen molar-refractivity contribution in [2.45, 2.75) is 13.3 Å². The van der Waals surface area contributed by atoms with Crippen LogP contribution in [0.1, 0.15) is 23.7 Å². The molecule has 2 aromatic carbocycles. The molecule has 0 atom stereocenters. The van der Waals surface area contributed by atoms with E-state index >= 15 is 0 Å². The molecule has 1 fully saturated rings. The molecule has 1 amide bonds. The van der Waals surface area contributed by atoms with Crippen molar-refractivity contribution in [3.05, 3.63) is 60.2 Å². The maximum absolute atomic E-state index is 12.3. The third kappa shape index (κ3) is 7.86. The highest BCUT2D eigenvalue weighted by Crippen LogP contribution is 2.27. The number of ether oxygens (including phenoxy) is 1. The standard InChI is InChI=1S/C25H28N4O4.3ClH/c1-2-10-28-11-13-29(14-12-28)23-16-21(25(31)32)20-15-18(8-9-22(20)27-23)26-24(30)17-33-19-6-4-3-5-7-19;;;/h3-9,15-16H,2,10-14,17H2,1H3,(H,26,30)(H,31,32);3*1H. The van der Waals surface area contributed by atoms with Crippen LogP contribution >= 0.6 is 37.2 Å². The SMILES string of the molecule is CCCN1CCN(c2cc(C(=O)O)c3cc(NC(=O)COc4ccccc4)ccc3n2)CC1.Cl.Cl.Cl. The van der Waals surface area contributed by atoms with Crippen LogP contribution in [0, 0.1) is 0 Å². The number of nitrogens with zero attached hydrogens (tertiary/aromatic N) is 3. The van der Waals surface area contributed by atoms with Crippen molar-refractivity contribution < 1.29 is 19.4 Å². The van der Waals surface area contributed by atoms with Crippen LogP contribution in [0.4, 0.5) is 11.5 Å². The van der Waals surface area contributed by atoms with E-state index in [-0.39, 0.29) is 55.3 Å². The van der Waals surface area contributed by atoms with Gasteiger partial charge in [0.05, 0.1) is 11.1 Å². The number of fused-ring (bicyclic) bond motifs is 1. The Morgan fingerprint density at radius 1 is 1.00 bits per heavy atom. The first kappa shape index (κ1) is 31.3. The number of carbonyl (C=O) groups is 2. The number of benzene rings is 2. The van der Waals surface area contributed by atoms with Crippen LogP contribution in [0.25, 0.3) is 10.9 Å². The summed E-state index contributed by atoms with van der Waals surface area (Å²) in [5.41, 5.74) is 1.25. The second-order valence-electron chi connectivity index (χ2n) is 8.04. The smallest absolute Gasteiger partial charge is 0.336 e. The fourth-order valence-electron chi connectivity index (χ4n) is 4.01. The van der Waals surface area contributed by atoms with Gasteiger partial charge in [-0.25, -0.2) is 9.78 Å². The van der Waals surface area contributed by atoms with Crippen molar-refractivity contribution in [1.82, 2.24) is 9.88 Å². The molecule has 0 bridgehead atoms. The summed E-state index contributed by atoms with van der Waals surface area (Å²) < 4.78 is 5.47. The third-order valence-corrected chi connectivity index (χ3v) is 5.66. The number of carboxylic acids is 1. The number of piperazine rings is 1. The number of para-hydroxylation sites is 1. The lowest BCUT2D eigenvalue weighted by molar-refractivity contribution is -0.118. The van der Waals surface area contributed by atoms with E-state index in [1.807, 2.05) is 18.2 Å². The van der Waals surface area contributed by atoms with Crippen molar-refractivity contribution in [1.29, 1.82) is 0 Å². The molecule has 11 heteroatoms. The third-order valence-electron chi connectivity index (χ3n) is 5.66. The zero-order chi connectivity index (χ0) is 23.2. The van der Waals surface area contributed by atoms with Crippen LogP contribution in [0.5, 0.6) is 5.75 Å². The zero-order valence-electron chi connectivity index (χ0n) is 19.9. The van der Waals surface area contributed by atoms with Gasteiger partial charge in [-0.2, -0.15) is 0 Å². The van der Waals surface area contributed by atoms with E-state index in [2.05, 4.69) is 22.0 Å². The molecule has 1 aliphatic rings. The number of rotatable bonds is 8. The normalized spacial score (nSPS) is 13.1. The van der Waals surface area contributed by atoms with E-state index in [9.17, 15) is 14.7 Å². The van der Waals surface area contributed by atoms with Crippen molar-refractivity contribution in [2.24, 2.45) is 0 Å². The molecule has 2 heterocycles. The Bertz CT molecular complexity index is 1140. The molecule has 0 unspecified atom stereocenters. The molecule has 1 aliphatic heterocycles. The number of pyridine rings is 1. The van der Waals surface area contributed by atoms with Crippen LogP contribution in [0.15, 0.2) is 54.6 Å². The zero-order valence-corrected chi connectivity index (χ0v) is 22.3. The van der Waals surface area contributed by atoms with E-state index in [1.165, 1.54) is 0 Å². The maximum atomic E-state index is 12.3. The second kappa shape index (κ2) is 14.7. The van der Waals surface area contributed by atoms with Crippen LogP contribution in [-0.4, -0.2) is 66.2 Å². The maximum Gasteiger partial charge on any atom is 0.336 e. The Morgan fingerprint density at radius 3 is 2.33 bits per heavy atom. The lowest BCUT2D eigenvalue weighted by Gasteiger charge is -2.35. The molecule has 196 valence electrons. The molecule has 0 saturated carbocycles. The Kier molecular flexibility index (Phi) is 12.8. The molecule has 0 spiro atoms. The van der Waals surface area contributed by atoms with Gasteiger partial charge in [0.2, 0.25) is 0 Å². The van der Waals surface area contributed by atoms with Crippen LogP contribution in [0.2, 0.25) is 0 Å². The summed E-state index contributed by atoms with van der Waals surface area (Å²) in [5.74, 6) is -0.0792. The second-order valence-corrected chi connectivity index (χ2v) is 8.04. The highest BCUT2D eigenvalue weighted by molar-refractivity contribution is 6.05. The molecule has 0 radical (unpaired) electrons. The Morgan fingerprint density at radius 2 is 1.69 bits per heavy atom. The van der Waals surface area contributed by atoms with E-state index in [1.54, 1.807) is 36.4 Å². The number of hydrogen-bond donors (Lipinski definition) is 2. The van der Waals surface area contributed by atoms with Crippen LogP contribution in [-0.2, 0) is 4.79 Å². The number of anilines is 2.